The van der Waals surface area contributed by atoms with Crippen molar-refractivity contribution in [2.75, 3.05) is 17.2 Å². The summed E-state index contributed by atoms with van der Waals surface area (Å²) in [6, 6.07) is 3.98. The van der Waals surface area contributed by atoms with Crippen molar-refractivity contribution in [1.82, 2.24) is 4.98 Å². The average molecular weight is 256 g/mol. The summed E-state index contributed by atoms with van der Waals surface area (Å²) in [6.07, 6.45) is 3.36. The molecular weight excluding hydrogens is 234 g/mol. The van der Waals surface area contributed by atoms with Crippen LogP contribution in [0.5, 0.6) is 0 Å². The Hall–Kier alpha value is -0.960. The van der Waals surface area contributed by atoms with E-state index in [4.69, 9.17) is 17.3 Å². The van der Waals surface area contributed by atoms with Gasteiger partial charge >= 0.3 is 0 Å². The Morgan fingerprint density at radius 1 is 1.41 bits per heavy atom. The maximum absolute atomic E-state index is 5.99. The van der Waals surface area contributed by atoms with Crippen molar-refractivity contribution in [3.05, 3.63) is 17.3 Å². The van der Waals surface area contributed by atoms with E-state index in [0.29, 0.717) is 16.9 Å². The molecule has 0 aliphatic rings. The highest BCUT2D eigenvalue weighted by atomic mass is 35.5. The first kappa shape index (κ1) is 14.1. The Labute approximate surface area is 109 Å². The zero-order valence-electron chi connectivity index (χ0n) is 10.9. The molecule has 0 radical (unpaired) electrons. The number of hydrogen-bond donors (Lipinski definition) is 1. The second kappa shape index (κ2) is 6.70. The highest BCUT2D eigenvalue weighted by Gasteiger charge is 2.16. The molecule has 96 valence electrons. The second-order valence-corrected chi connectivity index (χ2v) is 4.74. The number of anilines is 2. The van der Waals surface area contributed by atoms with Crippen LogP contribution in [0.2, 0.25) is 5.15 Å². The number of aromatic nitrogens is 1. The molecule has 17 heavy (non-hydrogen) atoms. The zero-order valence-corrected chi connectivity index (χ0v) is 11.7. The molecule has 1 atom stereocenters. The molecule has 0 aliphatic carbocycles. The molecule has 0 aromatic carbocycles. The van der Waals surface area contributed by atoms with Crippen LogP contribution in [0.15, 0.2) is 12.1 Å². The molecule has 3 nitrogen and oxygen atoms in total. The molecule has 0 aliphatic heterocycles. The fraction of sp³-hybridized carbons (Fsp3) is 0.615. The quantitative estimate of drug-likeness (QED) is 0.788. The number of nitrogens with zero attached hydrogens (tertiary/aromatic N) is 2. The summed E-state index contributed by atoms with van der Waals surface area (Å²) in [4.78, 5) is 6.62. The number of rotatable bonds is 6. The van der Waals surface area contributed by atoms with E-state index in [1.54, 1.807) is 6.07 Å². The summed E-state index contributed by atoms with van der Waals surface area (Å²) in [7, 11) is 0. The lowest BCUT2D eigenvalue weighted by Crippen LogP contribution is -2.34. The average Bonchev–Trinajstić information content (AvgIpc) is 2.33. The standard InChI is InChI=1S/C13H22ClN3/c1-4-6-9-17(10(3)5-2)13-11(15)7-8-12(14)16-13/h7-8,10H,4-6,9,15H2,1-3H3. The Bertz CT molecular complexity index is 355. The van der Waals surface area contributed by atoms with Crippen LogP contribution in [0, 0.1) is 0 Å². The van der Waals surface area contributed by atoms with Crippen LogP contribution in [0.25, 0.3) is 0 Å². The minimum Gasteiger partial charge on any atom is -0.396 e. The molecule has 1 heterocycles. The molecular formula is C13H22ClN3. The molecule has 4 heteroatoms. The molecule has 0 amide bonds. The minimum absolute atomic E-state index is 0.426. The van der Waals surface area contributed by atoms with E-state index < -0.39 is 0 Å². The lowest BCUT2D eigenvalue weighted by Gasteiger charge is -2.30. The van der Waals surface area contributed by atoms with E-state index in [0.717, 1.165) is 31.6 Å². The summed E-state index contributed by atoms with van der Waals surface area (Å²) < 4.78 is 0. The van der Waals surface area contributed by atoms with E-state index in [1.807, 2.05) is 6.07 Å². The van der Waals surface area contributed by atoms with Crippen molar-refractivity contribution in [3.8, 4) is 0 Å². The van der Waals surface area contributed by atoms with E-state index in [-0.39, 0.29) is 0 Å². The van der Waals surface area contributed by atoms with Gasteiger partial charge < -0.3 is 10.6 Å². The third-order valence-electron chi connectivity index (χ3n) is 3.02. The van der Waals surface area contributed by atoms with E-state index in [9.17, 15) is 0 Å². The molecule has 0 saturated heterocycles. The number of halogens is 1. The maximum atomic E-state index is 5.99. The number of unbranched alkanes of at least 4 members (excludes halogenated alkanes) is 1. The van der Waals surface area contributed by atoms with Crippen molar-refractivity contribution in [2.45, 2.75) is 46.1 Å². The summed E-state index contributed by atoms with van der Waals surface area (Å²) in [5, 5.41) is 0.499. The fourth-order valence-electron chi connectivity index (χ4n) is 1.75. The molecule has 0 bridgehead atoms. The largest absolute Gasteiger partial charge is 0.396 e. The second-order valence-electron chi connectivity index (χ2n) is 4.35. The number of pyridine rings is 1. The third kappa shape index (κ3) is 3.77. The van der Waals surface area contributed by atoms with E-state index in [2.05, 4.69) is 30.7 Å². The molecule has 1 aromatic rings. The van der Waals surface area contributed by atoms with Gasteiger partial charge in [-0.15, -0.1) is 0 Å². The Morgan fingerprint density at radius 3 is 2.71 bits per heavy atom. The Kier molecular flexibility index (Phi) is 5.56. The van der Waals surface area contributed by atoms with Gasteiger partial charge in [-0.3, -0.25) is 0 Å². The van der Waals surface area contributed by atoms with Crippen molar-refractivity contribution in [2.24, 2.45) is 0 Å². The molecule has 0 fully saturated rings. The highest BCUT2D eigenvalue weighted by molar-refractivity contribution is 6.29. The zero-order chi connectivity index (χ0) is 12.8. The van der Waals surface area contributed by atoms with Crippen molar-refractivity contribution >= 4 is 23.1 Å². The predicted molar refractivity (Wildman–Crippen MR) is 75.7 cm³/mol. The maximum Gasteiger partial charge on any atom is 0.153 e. The molecule has 1 rings (SSSR count). The Morgan fingerprint density at radius 2 is 2.12 bits per heavy atom. The first-order valence-corrected chi connectivity index (χ1v) is 6.66. The van der Waals surface area contributed by atoms with Crippen LogP contribution >= 0.6 is 11.6 Å². The normalized spacial score (nSPS) is 12.5. The van der Waals surface area contributed by atoms with Gasteiger partial charge in [0.05, 0.1) is 5.69 Å². The number of hydrogen-bond acceptors (Lipinski definition) is 3. The van der Waals surface area contributed by atoms with Gasteiger partial charge in [0.25, 0.3) is 0 Å². The van der Waals surface area contributed by atoms with Crippen LogP contribution in [0.3, 0.4) is 0 Å². The predicted octanol–water partition coefficient (Wildman–Crippen LogP) is 3.72. The topological polar surface area (TPSA) is 42.2 Å². The van der Waals surface area contributed by atoms with Crippen molar-refractivity contribution in [1.29, 1.82) is 0 Å². The molecule has 1 aromatic heterocycles. The monoisotopic (exact) mass is 255 g/mol. The van der Waals surface area contributed by atoms with Gasteiger partial charge in [0, 0.05) is 12.6 Å². The van der Waals surface area contributed by atoms with Gasteiger partial charge in [-0.2, -0.15) is 0 Å². The molecule has 1 unspecified atom stereocenters. The summed E-state index contributed by atoms with van der Waals surface area (Å²) >= 11 is 5.95. The summed E-state index contributed by atoms with van der Waals surface area (Å²) in [6.45, 7) is 7.52. The van der Waals surface area contributed by atoms with Crippen LogP contribution in [0.1, 0.15) is 40.0 Å². The molecule has 0 spiro atoms. The molecule has 2 N–H and O–H groups in total. The lowest BCUT2D eigenvalue weighted by atomic mass is 10.2. The number of nitrogens with two attached hydrogens (primary N) is 1. The van der Waals surface area contributed by atoms with E-state index >= 15 is 0 Å². The smallest absolute Gasteiger partial charge is 0.153 e. The minimum atomic E-state index is 0.426. The van der Waals surface area contributed by atoms with Gasteiger partial charge in [-0.25, -0.2) is 4.98 Å². The van der Waals surface area contributed by atoms with E-state index in [1.165, 1.54) is 0 Å². The van der Waals surface area contributed by atoms with Gasteiger partial charge in [-0.05, 0) is 31.9 Å². The van der Waals surface area contributed by atoms with Crippen LogP contribution in [0.4, 0.5) is 11.5 Å². The van der Waals surface area contributed by atoms with Gasteiger partial charge in [0.1, 0.15) is 5.15 Å². The SMILES string of the molecule is CCCCN(c1nc(Cl)ccc1N)C(C)CC. The fourth-order valence-corrected chi connectivity index (χ4v) is 1.89. The summed E-state index contributed by atoms with van der Waals surface area (Å²) in [5.74, 6) is 0.820. The summed E-state index contributed by atoms with van der Waals surface area (Å²) in [5.41, 5.74) is 6.69. The van der Waals surface area contributed by atoms with Crippen LogP contribution in [-0.4, -0.2) is 17.6 Å². The highest BCUT2D eigenvalue weighted by Crippen LogP contribution is 2.25. The van der Waals surface area contributed by atoms with Crippen molar-refractivity contribution < 1.29 is 0 Å². The van der Waals surface area contributed by atoms with Gasteiger partial charge in [0.2, 0.25) is 0 Å². The first-order valence-electron chi connectivity index (χ1n) is 6.28. The third-order valence-corrected chi connectivity index (χ3v) is 3.23. The Balaban J connectivity index is 2.98. The lowest BCUT2D eigenvalue weighted by molar-refractivity contribution is 0.590. The van der Waals surface area contributed by atoms with Crippen molar-refractivity contribution in [3.63, 3.8) is 0 Å². The molecule has 0 saturated carbocycles. The number of nitrogen functional groups attached to an aromatic ring is 1. The van der Waals surface area contributed by atoms with Gasteiger partial charge in [0.15, 0.2) is 5.82 Å². The first-order chi connectivity index (χ1) is 8.10. The van der Waals surface area contributed by atoms with Crippen LogP contribution < -0.4 is 10.6 Å². The van der Waals surface area contributed by atoms with Crippen LogP contribution in [-0.2, 0) is 0 Å². The van der Waals surface area contributed by atoms with Gasteiger partial charge in [-0.1, -0.05) is 31.9 Å².